The van der Waals surface area contributed by atoms with Crippen molar-refractivity contribution in [3.63, 3.8) is 0 Å². The Morgan fingerprint density at radius 2 is 1.82 bits per heavy atom. The number of halogens is 2. The van der Waals surface area contributed by atoms with Crippen LogP contribution in [0.2, 0.25) is 5.02 Å². The lowest BCUT2D eigenvalue weighted by atomic mass is 10.1. The molecule has 0 aromatic heterocycles. The van der Waals surface area contributed by atoms with Crippen molar-refractivity contribution in [3.8, 4) is 0 Å². The van der Waals surface area contributed by atoms with Gasteiger partial charge in [-0.3, -0.25) is 0 Å². The van der Waals surface area contributed by atoms with Crippen LogP contribution in [-0.2, 0) is 12.8 Å². The molecule has 1 aliphatic carbocycles. The quantitative estimate of drug-likeness (QED) is 0.641. The topological polar surface area (TPSA) is 0 Å². The second-order valence-electron chi connectivity index (χ2n) is 2.73. The molecule has 0 N–H and O–H groups in total. The molecule has 0 spiro atoms. The molecule has 1 aromatic carbocycles. The Labute approximate surface area is 79.7 Å². The molecule has 0 unspecified atom stereocenters. The van der Waals surface area contributed by atoms with Gasteiger partial charge in [-0.2, -0.15) is 0 Å². The third-order valence-corrected chi connectivity index (χ3v) is 3.17. The van der Waals surface area contributed by atoms with Gasteiger partial charge < -0.3 is 0 Å². The van der Waals surface area contributed by atoms with Gasteiger partial charge in [-0.25, -0.2) is 0 Å². The van der Waals surface area contributed by atoms with E-state index in [0.717, 1.165) is 22.3 Å². The number of rotatable bonds is 0. The van der Waals surface area contributed by atoms with Crippen LogP contribution in [0.5, 0.6) is 0 Å². The Balaban J connectivity index is 2.57. The van der Waals surface area contributed by atoms with Gasteiger partial charge in [0.15, 0.2) is 0 Å². The molecule has 0 bridgehead atoms. The van der Waals surface area contributed by atoms with Gasteiger partial charge in [0.2, 0.25) is 0 Å². The third-order valence-electron chi connectivity index (χ3n) is 1.97. The lowest BCUT2D eigenvalue weighted by Crippen LogP contribution is -1.81. The van der Waals surface area contributed by atoms with Gasteiger partial charge in [-0.05, 0) is 58.5 Å². The predicted octanol–water partition coefficient (Wildman–Crippen LogP) is 3.41. The van der Waals surface area contributed by atoms with Crippen LogP contribution in [0.15, 0.2) is 16.6 Å². The molecule has 0 saturated heterocycles. The van der Waals surface area contributed by atoms with Crippen LogP contribution in [0.4, 0.5) is 0 Å². The Kier molecular flexibility index (Phi) is 1.94. The fourth-order valence-corrected chi connectivity index (χ4v) is 1.97. The molecule has 0 aliphatic heterocycles. The fourth-order valence-electron chi connectivity index (χ4n) is 1.39. The van der Waals surface area contributed by atoms with E-state index in [0.29, 0.717) is 0 Å². The summed E-state index contributed by atoms with van der Waals surface area (Å²) in [6, 6.07) is 4.16. The van der Waals surface area contributed by atoms with Gasteiger partial charge in [0.05, 0.1) is 5.02 Å². The molecular formula is C9H7BrCl. The summed E-state index contributed by atoms with van der Waals surface area (Å²) >= 11 is 9.33. The zero-order valence-corrected chi connectivity index (χ0v) is 8.24. The first-order valence-corrected chi connectivity index (χ1v) is 4.73. The molecule has 1 aliphatic rings. The van der Waals surface area contributed by atoms with E-state index in [1.165, 1.54) is 11.1 Å². The SMILES string of the molecule is Clc1cc2c(cc1Br)C[CH]C2. The summed E-state index contributed by atoms with van der Waals surface area (Å²) in [5.41, 5.74) is 2.78. The number of fused-ring (bicyclic) bond motifs is 1. The van der Waals surface area contributed by atoms with E-state index in [1.54, 1.807) is 0 Å². The molecule has 0 atom stereocenters. The molecule has 0 amide bonds. The molecule has 0 saturated carbocycles. The van der Waals surface area contributed by atoms with Crippen LogP contribution in [-0.4, -0.2) is 0 Å². The second kappa shape index (κ2) is 2.80. The van der Waals surface area contributed by atoms with E-state index in [2.05, 4.69) is 28.4 Å². The summed E-state index contributed by atoms with van der Waals surface area (Å²) in [4.78, 5) is 0. The molecule has 2 rings (SSSR count). The van der Waals surface area contributed by atoms with Crippen molar-refractivity contribution in [2.24, 2.45) is 0 Å². The number of hydrogen-bond acceptors (Lipinski definition) is 0. The van der Waals surface area contributed by atoms with Gasteiger partial charge in [0, 0.05) is 4.47 Å². The van der Waals surface area contributed by atoms with Crippen molar-refractivity contribution < 1.29 is 0 Å². The third kappa shape index (κ3) is 1.32. The summed E-state index contributed by atoms with van der Waals surface area (Å²) in [5.74, 6) is 0. The van der Waals surface area contributed by atoms with Gasteiger partial charge in [0.25, 0.3) is 0 Å². The first-order valence-electron chi connectivity index (χ1n) is 3.56. The van der Waals surface area contributed by atoms with E-state index in [1.807, 2.05) is 6.07 Å². The average molecular weight is 231 g/mol. The lowest BCUT2D eigenvalue weighted by Gasteiger charge is -2.00. The summed E-state index contributed by atoms with van der Waals surface area (Å²) < 4.78 is 1.01. The first kappa shape index (κ1) is 7.63. The highest BCUT2D eigenvalue weighted by molar-refractivity contribution is 9.10. The van der Waals surface area contributed by atoms with Crippen LogP contribution < -0.4 is 0 Å². The molecule has 57 valence electrons. The fraction of sp³-hybridized carbons (Fsp3) is 0.222. The summed E-state index contributed by atoms with van der Waals surface area (Å²) in [6.45, 7) is 0. The maximum absolute atomic E-state index is 5.93. The maximum atomic E-state index is 5.93. The van der Waals surface area contributed by atoms with Crippen LogP contribution >= 0.6 is 27.5 Å². The van der Waals surface area contributed by atoms with Gasteiger partial charge >= 0.3 is 0 Å². The second-order valence-corrected chi connectivity index (χ2v) is 3.99. The Morgan fingerprint density at radius 3 is 2.55 bits per heavy atom. The van der Waals surface area contributed by atoms with E-state index < -0.39 is 0 Å². The monoisotopic (exact) mass is 229 g/mol. The smallest absolute Gasteiger partial charge is 0.0551 e. The molecule has 2 heteroatoms. The van der Waals surface area contributed by atoms with Crippen molar-refractivity contribution in [3.05, 3.63) is 39.2 Å². The molecule has 0 fully saturated rings. The Morgan fingerprint density at radius 1 is 1.18 bits per heavy atom. The summed E-state index contributed by atoms with van der Waals surface area (Å²) in [5, 5.41) is 0.819. The minimum Gasteiger partial charge on any atom is -0.0831 e. The van der Waals surface area contributed by atoms with Gasteiger partial charge in [-0.1, -0.05) is 11.6 Å². The van der Waals surface area contributed by atoms with Crippen molar-refractivity contribution in [1.82, 2.24) is 0 Å². The van der Waals surface area contributed by atoms with Crippen LogP contribution in [0.1, 0.15) is 11.1 Å². The van der Waals surface area contributed by atoms with E-state index >= 15 is 0 Å². The zero-order chi connectivity index (χ0) is 7.84. The first-order chi connectivity index (χ1) is 5.27. The molecule has 1 aromatic rings. The largest absolute Gasteiger partial charge is 0.0831 e. The molecule has 11 heavy (non-hydrogen) atoms. The molecular weight excluding hydrogens is 223 g/mol. The molecule has 0 heterocycles. The normalized spacial score (nSPS) is 15.1. The van der Waals surface area contributed by atoms with E-state index in [4.69, 9.17) is 11.6 Å². The number of benzene rings is 1. The lowest BCUT2D eigenvalue weighted by molar-refractivity contribution is 1.17. The van der Waals surface area contributed by atoms with Crippen molar-refractivity contribution in [1.29, 1.82) is 0 Å². The summed E-state index contributed by atoms with van der Waals surface area (Å²) in [7, 11) is 0. The number of hydrogen-bond donors (Lipinski definition) is 0. The van der Waals surface area contributed by atoms with Gasteiger partial charge in [-0.15, -0.1) is 0 Å². The Bertz CT molecular complexity index is 265. The Hall–Kier alpha value is -0.0100. The minimum absolute atomic E-state index is 0.819. The van der Waals surface area contributed by atoms with Crippen molar-refractivity contribution in [2.45, 2.75) is 12.8 Å². The summed E-state index contributed by atoms with van der Waals surface area (Å²) in [6.07, 6.45) is 4.43. The standard InChI is InChI=1S/C9H7BrCl/c10-8-4-6-2-1-3-7(6)5-9(8)11/h1,4-5H,2-3H2. The van der Waals surface area contributed by atoms with Crippen molar-refractivity contribution >= 4 is 27.5 Å². The predicted molar refractivity (Wildman–Crippen MR) is 50.9 cm³/mol. The zero-order valence-electron chi connectivity index (χ0n) is 5.90. The average Bonchev–Trinajstić information content (AvgIpc) is 2.36. The van der Waals surface area contributed by atoms with E-state index in [-0.39, 0.29) is 0 Å². The highest BCUT2D eigenvalue weighted by atomic mass is 79.9. The molecule has 1 radical (unpaired) electrons. The maximum Gasteiger partial charge on any atom is 0.0551 e. The van der Waals surface area contributed by atoms with Gasteiger partial charge in [0.1, 0.15) is 0 Å². The van der Waals surface area contributed by atoms with Crippen LogP contribution in [0.3, 0.4) is 0 Å². The van der Waals surface area contributed by atoms with Crippen molar-refractivity contribution in [2.75, 3.05) is 0 Å². The van der Waals surface area contributed by atoms with E-state index in [9.17, 15) is 0 Å². The molecule has 0 nitrogen and oxygen atoms in total. The minimum atomic E-state index is 0.819. The highest BCUT2D eigenvalue weighted by Crippen LogP contribution is 2.30. The highest BCUT2D eigenvalue weighted by Gasteiger charge is 2.12. The van der Waals surface area contributed by atoms with Crippen LogP contribution in [0.25, 0.3) is 0 Å². The van der Waals surface area contributed by atoms with Crippen LogP contribution in [0, 0.1) is 6.42 Å².